The molecule has 2 N–H and O–H groups in total. The van der Waals surface area contributed by atoms with E-state index in [0.717, 1.165) is 39.8 Å². The van der Waals surface area contributed by atoms with Crippen molar-refractivity contribution < 1.29 is 13.9 Å². The van der Waals surface area contributed by atoms with Crippen molar-refractivity contribution in [2.45, 2.75) is 6.17 Å². The van der Waals surface area contributed by atoms with Crippen LogP contribution in [0.15, 0.2) is 76.4 Å². The van der Waals surface area contributed by atoms with E-state index in [0.29, 0.717) is 30.3 Å². The van der Waals surface area contributed by atoms with Gasteiger partial charge in [-0.25, -0.2) is 9.98 Å². The molecular weight excluding hydrogens is 542 g/mol. The largest absolute Gasteiger partial charge is 0.402 e. The Morgan fingerprint density at radius 2 is 1.83 bits per heavy atom. The normalized spacial score (nSPS) is 17.0. The topological polar surface area (TPSA) is 136 Å². The first-order valence-corrected chi connectivity index (χ1v) is 13.9. The predicted octanol–water partition coefficient (Wildman–Crippen LogP) is 3.66. The fourth-order valence-corrected chi connectivity index (χ4v) is 5.85. The first-order chi connectivity index (χ1) is 20.1. The molecule has 13 heteroatoms. The maximum Gasteiger partial charge on any atom is 0.317 e. The minimum atomic E-state index is -1.01. The lowest BCUT2D eigenvalue weighted by molar-refractivity contribution is -0.116. The van der Waals surface area contributed by atoms with Crippen molar-refractivity contribution in [3.05, 3.63) is 78.1 Å². The van der Waals surface area contributed by atoms with Crippen molar-refractivity contribution in [2.75, 3.05) is 41.8 Å². The smallest absolute Gasteiger partial charge is 0.317 e. The minimum absolute atomic E-state index is 0.0612. The quantitative estimate of drug-likeness (QED) is 0.315. The van der Waals surface area contributed by atoms with Crippen molar-refractivity contribution in [3.63, 3.8) is 0 Å². The zero-order valence-electron chi connectivity index (χ0n) is 22.0. The number of aromatic nitrogens is 5. The summed E-state index contributed by atoms with van der Waals surface area (Å²) in [5.74, 6) is -0.102. The van der Waals surface area contributed by atoms with E-state index in [1.165, 1.54) is 11.3 Å². The Morgan fingerprint density at radius 3 is 2.63 bits per heavy atom. The average molecular weight is 568 g/mol. The number of benzodiazepines with no additional fused rings is 1. The molecule has 206 valence electrons. The molecule has 0 spiro atoms. The van der Waals surface area contributed by atoms with E-state index in [9.17, 15) is 4.79 Å². The molecule has 1 atom stereocenters. The predicted molar refractivity (Wildman–Crippen MR) is 155 cm³/mol. The second-order valence-corrected chi connectivity index (χ2v) is 10.5. The van der Waals surface area contributed by atoms with Gasteiger partial charge in [0.15, 0.2) is 5.69 Å². The Kier molecular flexibility index (Phi) is 6.49. The number of nitrogens with zero attached hydrogens (tertiary/aromatic N) is 7. The molecule has 0 saturated carbocycles. The summed E-state index contributed by atoms with van der Waals surface area (Å²) in [4.78, 5) is 25.1. The molecule has 5 aromatic rings. The molecule has 7 rings (SSSR count). The molecule has 2 aliphatic rings. The standard InChI is InChI=1S/C28H25N9O3S/c1-36-16-18(15-29-36)26-32-22(27(41-26)37-11-13-39-14-12-37)25-34-35-28(40-25)33-23-24(38)30-20-10-6-5-9-19(20)21(31-23)17-7-3-2-4-8-17/h2-10,15-16,23H,11-14H2,1H3,(H,30,38)(H,33,35)/t23-/m1/s1. The molecule has 3 aromatic heterocycles. The van der Waals surface area contributed by atoms with E-state index in [2.05, 4.69) is 30.8 Å². The SMILES string of the molecule is Cn1cc(-c2nc(-c3nnc(N[C@H]4N=C(c5ccccc5)c5ccccc5NC4=O)o3)c(N3CCOCC3)s2)cn1. The van der Waals surface area contributed by atoms with Crippen molar-refractivity contribution in [2.24, 2.45) is 12.0 Å². The number of anilines is 3. The van der Waals surface area contributed by atoms with Gasteiger partial charge in [-0.3, -0.25) is 9.48 Å². The fraction of sp³-hybridized carbons (Fsp3) is 0.214. The molecule has 0 aliphatic carbocycles. The molecule has 1 saturated heterocycles. The van der Waals surface area contributed by atoms with Gasteiger partial charge in [0.1, 0.15) is 10.0 Å². The number of carbonyl (C=O) groups is 1. The Labute approximate surface area is 238 Å². The number of hydrogen-bond acceptors (Lipinski definition) is 11. The number of nitrogens with one attached hydrogen (secondary N) is 2. The number of aliphatic imine (C=N–C) groups is 1. The lowest BCUT2D eigenvalue weighted by atomic mass is 10.0. The van der Waals surface area contributed by atoms with Crippen LogP contribution >= 0.6 is 11.3 Å². The van der Waals surface area contributed by atoms with Crippen LogP contribution in [0, 0.1) is 0 Å². The minimum Gasteiger partial charge on any atom is -0.402 e. The highest BCUT2D eigenvalue weighted by atomic mass is 32.1. The van der Waals surface area contributed by atoms with E-state index in [-0.39, 0.29) is 17.8 Å². The van der Waals surface area contributed by atoms with Gasteiger partial charge in [-0.15, -0.1) is 5.10 Å². The molecule has 1 amide bonds. The number of para-hydroxylation sites is 1. The summed E-state index contributed by atoms with van der Waals surface area (Å²) in [5, 5.41) is 20.5. The van der Waals surface area contributed by atoms with Crippen molar-refractivity contribution in [3.8, 4) is 22.2 Å². The molecule has 0 unspecified atom stereocenters. The van der Waals surface area contributed by atoms with Gasteiger partial charge in [0.25, 0.3) is 11.8 Å². The summed E-state index contributed by atoms with van der Waals surface area (Å²) in [6, 6.07) is 17.4. The molecule has 1 fully saturated rings. The Balaban J connectivity index is 1.22. The highest BCUT2D eigenvalue weighted by Gasteiger charge is 2.29. The van der Waals surface area contributed by atoms with Crippen LogP contribution in [0.1, 0.15) is 11.1 Å². The van der Waals surface area contributed by atoms with Crippen LogP contribution in [0.3, 0.4) is 0 Å². The molecule has 2 aliphatic heterocycles. The number of morpholine rings is 1. The van der Waals surface area contributed by atoms with Gasteiger partial charge in [-0.1, -0.05) is 65.0 Å². The first-order valence-electron chi connectivity index (χ1n) is 13.1. The van der Waals surface area contributed by atoms with Gasteiger partial charge in [-0.2, -0.15) is 5.10 Å². The van der Waals surface area contributed by atoms with Crippen LogP contribution in [0.5, 0.6) is 0 Å². The number of benzene rings is 2. The molecule has 5 heterocycles. The van der Waals surface area contributed by atoms with Gasteiger partial charge < -0.3 is 24.7 Å². The van der Waals surface area contributed by atoms with Gasteiger partial charge >= 0.3 is 6.01 Å². The lowest BCUT2D eigenvalue weighted by Crippen LogP contribution is -2.35. The summed E-state index contributed by atoms with van der Waals surface area (Å²) < 4.78 is 13.3. The Bertz CT molecular complexity index is 1740. The molecule has 12 nitrogen and oxygen atoms in total. The average Bonchev–Trinajstić information content (AvgIpc) is 3.74. The zero-order valence-corrected chi connectivity index (χ0v) is 22.8. The molecule has 41 heavy (non-hydrogen) atoms. The van der Waals surface area contributed by atoms with Crippen LogP contribution in [-0.2, 0) is 16.6 Å². The summed E-state index contributed by atoms with van der Waals surface area (Å²) in [5.41, 5.74) is 4.53. The molecule has 0 radical (unpaired) electrons. The third-order valence-corrected chi connectivity index (χ3v) is 7.91. The van der Waals surface area contributed by atoms with E-state index in [1.54, 1.807) is 10.9 Å². The van der Waals surface area contributed by atoms with E-state index >= 15 is 0 Å². The number of ether oxygens (including phenoxy) is 1. The third kappa shape index (κ3) is 4.96. The van der Waals surface area contributed by atoms with E-state index in [4.69, 9.17) is 19.1 Å². The Hall–Kier alpha value is -4.88. The van der Waals surface area contributed by atoms with E-state index < -0.39 is 6.17 Å². The number of aryl methyl sites for hydroxylation is 1. The lowest BCUT2D eigenvalue weighted by Gasteiger charge is -2.27. The van der Waals surface area contributed by atoms with Crippen LogP contribution in [0.4, 0.5) is 16.7 Å². The Morgan fingerprint density at radius 1 is 1.02 bits per heavy atom. The number of amides is 1. The third-order valence-electron chi connectivity index (χ3n) is 6.74. The molecular formula is C28H25N9O3S. The van der Waals surface area contributed by atoms with Crippen molar-refractivity contribution in [1.82, 2.24) is 25.0 Å². The summed E-state index contributed by atoms with van der Waals surface area (Å²) in [6.45, 7) is 2.69. The zero-order chi connectivity index (χ0) is 27.8. The maximum atomic E-state index is 13.3. The number of thiazole rings is 1. The fourth-order valence-electron chi connectivity index (χ4n) is 4.76. The van der Waals surface area contributed by atoms with Crippen LogP contribution in [0.2, 0.25) is 0 Å². The van der Waals surface area contributed by atoms with E-state index in [1.807, 2.05) is 67.8 Å². The van der Waals surface area contributed by atoms with Crippen molar-refractivity contribution in [1.29, 1.82) is 0 Å². The first kappa shape index (κ1) is 25.1. The number of rotatable bonds is 6. The number of carbonyl (C=O) groups excluding carboxylic acids is 1. The highest BCUT2D eigenvalue weighted by molar-refractivity contribution is 7.19. The molecule has 2 aromatic carbocycles. The number of hydrogen-bond donors (Lipinski definition) is 2. The van der Waals surface area contributed by atoms with Gasteiger partial charge in [-0.05, 0) is 6.07 Å². The molecule has 0 bridgehead atoms. The van der Waals surface area contributed by atoms with Gasteiger partial charge in [0.2, 0.25) is 6.17 Å². The van der Waals surface area contributed by atoms with Gasteiger partial charge in [0, 0.05) is 43.0 Å². The van der Waals surface area contributed by atoms with Crippen LogP contribution < -0.4 is 15.5 Å². The summed E-state index contributed by atoms with van der Waals surface area (Å²) in [6.07, 6.45) is 2.68. The number of fused-ring (bicyclic) bond motifs is 1. The summed E-state index contributed by atoms with van der Waals surface area (Å²) in [7, 11) is 1.87. The maximum absolute atomic E-state index is 13.3. The second kappa shape index (κ2) is 10.6. The monoisotopic (exact) mass is 567 g/mol. The van der Waals surface area contributed by atoms with Crippen LogP contribution in [-0.4, -0.2) is 69.0 Å². The van der Waals surface area contributed by atoms with Crippen molar-refractivity contribution >= 4 is 39.7 Å². The second-order valence-electron chi connectivity index (χ2n) is 9.51. The summed E-state index contributed by atoms with van der Waals surface area (Å²) >= 11 is 1.54. The van der Waals surface area contributed by atoms with Crippen LogP contribution in [0.25, 0.3) is 22.2 Å². The van der Waals surface area contributed by atoms with Gasteiger partial charge in [0.05, 0.1) is 30.8 Å². The highest BCUT2D eigenvalue weighted by Crippen LogP contribution is 2.40.